The van der Waals surface area contributed by atoms with Crippen LogP contribution in [0.3, 0.4) is 0 Å². The molecule has 0 aliphatic heterocycles. The van der Waals surface area contributed by atoms with Crippen molar-refractivity contribution in [2.75, 3.05) is 6.61 Å². The first-order valence-electron chi connectivity index (χ1n) is 6.95. The van der Waals surface area contributed by atoms with Crippen LogP contribution in [0.1, 0.15) is 29.3 Å². The maximum atomic E-state index is 12.2. The Morgan fingerprint density at radius 2 is 2.00 bits per heavy atom. The van der Waals surface area contributed by atoms with Gasteiger partial charge in [0.1, 0.15) is 5.75 Å². The molecule has 0 spiro atoms. The van der Waals surface area contributed by atoms with Crippen molar-refractivity contribution in [3.63, 3.8) is 0 Å². The lowest BCUT2D eigenvalue weighted by Crippen LogP contribution is -2.22. The van der Waals surface area contributed by atoms with Crippen molar-refractivity contribution >= 4 is 21.8 Å². The molecule has 0 saturated heterocycles. The summed E-state index contributed by atoms with van der Waals surface area (Å²) in [5.41, 5.74) is 1.65. The van der Waals surface area contributed by atoms with E-state index in [2.05, 4.69) is 21.2 Å². The zero-order valence-corrected chi connectivity index (χ0v) is 13.5. The highest BCUT2D eigenvalue weighted by Crippen LogP contribution is 2.16. The topological polar surface area (TPSA) is 38.3 Å². The molecule has 0 heterocycles. The van der Waals surface area contributed by atoms with Crippen LogP contribution in [0.25, 0.3) is 0 Å². The fourth-order valence-corrected chi connectivity index (χ4v) is 2.29. The summed E-state index contributed by atoms with van der Waals surface area (Å²) in [5.74, 6) is 0.623. The molecular formula is C17H18BrNO2. The van der Waals surface area contributed by atoms with E-state index in [0.717, 1.165) is 22.2 Å². The van der Waals surface area contributed by atoms with E-state index < -0.39 is 0 Å². The van der Waals surface area contributed by atoms with Crippen LogP contribution in [-0.2, 0) is 6.54 Å². The van der Waals surface area contributed by atoms with Gasteiger partial charge >= 0.3 is 0 Å². The van der Waals surface area contributed by atoms with E-state index >= 15 is 0 Å². The summed E-state index contributed by atoms with van der Waals surface area (Å²) in [4.78, 5) is 12.2. The van der Waals surface area contributed by atoms with Crippen LogP contribution < -0.4 is 10.1 Å². The van der Waals surface area contributed by atoms with Crippen LogP contribution in [-0.4, -0.2) is 12.5 Å². The summed E-state index contributed by atoms with van der Waals surface area (Å²) in [6.07, 6.45) is 0.943. The molecule has 0 aliphatic rings. The van der Waals surface area contributed by atoms with Crippen molar-refractivity contribution < 1.29 is 9.53 Å². The Hall–Kier alpha value is -1.81. The van der Waals surface area contributed by atoms with E-state index in [0.29, 0.717) is 18.7 Å². The second-order valence-electron chi connectivity index (χ2n) is 4.65. The molecule has 1 amide bonds. The van der Waals surface area contributed by atoms with Crippen molar-refractivity contribution in [2.24, 2.45) is 0 Å². The highest BCUT2D eigenvalue weighted by Gasteiger charge is 2.07. The van der Waals surface area contributed by atoms with E-state index in [1.54, 1.807) is 12.1 Å². The maximum Gasteiger partial charge on any atom is 0.251 e. The average Bonchev–Trinajstić information content (AvgIpc) is 2.52. The van der Waals surface area contributed by atoms with Gasteiger partial charge in [0.15, 0.2) is 0 Å². The predicted octanol–water partition coefficient (Wildman–Crippen LogP) is 4.17. The molecule has 0 aromatic heterocycles. The van der Waals surface area contributed by atoms with Crippen LogP contribution in [0.4, 0.5) is 0 Å². The quantitative estimate of drug-likeness (QED) is 0.851. The van der Waals surface area contributed by atoms with Crippen molar-refractivity contribution in [3.8, 4) is 5.75 Å². The van der Waals surface area contributed by atoms with Gasteiger partial charge in [0.05, 0.1) is 6.61 Å². The molecule has 2 aromatic rings. The van der Waals surface area contributed by atoms with Crippen molar-refractivity contribution in [1.82, 2.24) is 5.32 Å². The average molecular weight is 348 g/mol. The summed E-state index contributed by atoms with van der Waals surface area (Å²) in [5, 5.41) is 2.91. The smallest absolute Gasteiger partial charge is 0.251 e. The molecule has 0 bridgehead atoms. The molecule has 0 atom stereocenters. The largest absolute Gasteiger partial charge is 0.494 e. The van der Waals surface area contributed by atoms with Gasteiger partial charge in [0.2, 0.25) is 0 Å². The van der Waals surface area contributed by atoms with Gasteiger partial charge in [-0.05, 0) is 36.2 Å². The van der Waals surface area contributed by atoms with Crippen molar-refractivity contribution in [3.05, 3.63) is 64.1 Å². The number of nitrogens with one attached hydrogen (secondary N) is 1. The molecule has 4 heteroatoms. The van der Waals surface area contributed by atoms with Gasteiger partial charge in [-0.25, -0.2) is 0 Å². The lowest BCUT2D eigenvalue weighted by atomic mass is 10.2. The summed E-state index contributed by atoms with van der Waals surface area (Å²) >= 11 is 3.47. The number of benzene rings is 2. The van der Waals surface area contributed by atoms with E-state index in [9.17, 15) is 4.79 Å². The van der Waals surface area contributed by atoms with E-state index in [1.807, 2.05) is 43.3 Å². The second kappa shape index (κ2) is 7.84. The van der Waals surface area contributed by atoms with Crippen molar-refractivity contribution in [2.45, 2.75) is 19.9 Å². The SMILES string of the molecule is CCCOc1cccc(C(=O)NCc2ccccc2Br)c1. The highest BCUT2D eigenvalue weighted by atomic mass is 79.9. The van der Waals surface area contributed by atoms with Gasteiger partial charge in [-0.1, -0.05) is 47.1 Å². The zero-order chi connectivity index (χ0) is 15.1. The second-order valence-corrected chi connectivity index (χ2v) is 5.50. The monoisotopic (exact) mass is 347 g/mol. The molecule has 1 N–H and O–H groups in total. The Kier molecular flexibility index (Phi) is 5.81. The molecule has 0 aliphatic carbocycles. The van der Waals surface area contributed by atoms with Gasteiger partial charge in [-0.15, -0.1) is 0 Å². The fourth-order valence-electron chi connectivity index (χ4n) is 1.87. The Morgan fingerprint density at radius 3 is 2.76 bits per heavy atom. The Morgan fingerprint density at radius 1 is 1.19 bits per heavy atom. The first-order chi connectivity index (χ1) is 10.2. The Bertz CT molecular complexity index is 613. The maximum absolute atomic E-state index is 12.2. The van der Waals surface area contributed by atoms with Gasteiger partial charge in [-0.3, -0.25) is 4.79 Å². The first-order valence-corrected chi connectivity index (χ1v) is 7.74. The zero-order valence-electron chi connectivity index (χ0n) is 11.9. The van der Waals surface area contributed by atoms with Gasteiger partial charge in [0, 0.05) is 16.6 Å². The summed E-state index contributed by atoms with van der Waals surface area (Å²) in [6.45, 7) is 3.19. The predicted molar refractivity (Wildman–Crippen MR) is 87.5 cm³/mol. The minimum absolute atomic E-state index is 0.104. The molecule has 0 fully saturated rings. The lowest BCUT2D eigenvalue weighted by molar-refractivity contribution is 0.0950. The summed E-state index contributed by atoms with van der Waals surface area (Å²) in [7, 11) is 0. The number of carbonyl (C=O) groups is 1. The number of ether oxygens (including phenoxy) is 1. The Labute approximate surface area is 133 Å². The van der Waals surface area contributed by atoms with Gasteiger partial charge in [-0.2, -0.15) is 0 Å². The lowest BCUT2D eigenvalue weighted by Gasteiger charge is -2.09. The number of hydrogen-bond acceptors (Lipinski definition) is 2. The third kappa shape index (κ3) is 4.60. The van der Waals surface area contributed by atoms with Crippen LogP contribution >= 0.6 is 15.9 Å². The van der Waals surface area contributed by atoms with Gasteiger partial charge in [0.25, 0.3) is 5.91 Å². The minimum atomic E-state index is -0.104. The van der Waals surface area contributed by atoms with E-state index in [4.69, 9.17) is 4.74 Å². The number of rotatable bonds is 6. The van der Waals surface area contributed by atoms with Crippen LogP contribution in [0.2, 0.25) is 0 Å². The number of hydrogen-bond donors (Lipinski definition) is 1. The molecule has 2 aromatic carbocycles. The fraction of sp³-hybridized carbons (Fsp3) is 0.235. The molecule has 0 unspecified atom stereocenters. The third-order valence-corrected chi connectivity index (χ3v) is 3.74. The van der Waals surface area contributed by atoms with Gasteiger partial charge < -0.3 is 10.1 Å². The van der Waals surface area contributed by atoms with Crippen LogP contribution in [0.5, 0.6) is 5.75 Å². The molecular weight excluding hydrogens is 330 g/mol. The molecule has 110 valence electrons. The number of halogens is 1. The molecule has 3 nitrogen and oxygen atoms in total. The summed E-state index contributed by atoms with van der Waals surface area (Å²) < 4.78 is 6.53. The van der Waals surface area contributed by atoms with E-state index in [-0.39, 0.29) is 5.91 Å². The number of amides is 1. The summed E-state index contributed by atoms with van der Waals surface area (Å²) in [6, 6.07) is 15.1. The highest BCUT2D eigenvalue weighted by molar-refractivity contribution is 9.10. The van der Waals surface area contributed by atoms with Crippen LogP contribution in [0, 0.1) is 0 Å². The normalized spacial score (nSPS) is 10.2. The standard InChI is InChI=1S/C17H18BrNO2/c1-2-10-21-15-8-5-7-13(11-15)17(20)19-12-14-6-3-4-9-16(14)18/h3-9,11H,2,10,12H2,1H3,(H,19,20). The number of carbonyl (C=O) groups excluding carboxylic acids is 1. The molecule has 2 rings (SSSR count). The minimum Gasteiger partial charge on any atom is -0.494 e. The molecule has 0 saturated carbocycles. The first kappa shape index (κ1) is 15.6. The molecule has 21 heavy (non-hydrogen) atoms. The molecule has 0 radical (unpaired) electrons. The van der Waals surface area contributed by atoms with Crippen LogP contribution in [0.15, 0.2) is 53.0 Å². The van der Waals surface area contributed by atoms with E-state index in [1.165, 1.54) is 0 Å². The van der Waals surface area contributed by atoms with Crippen molar-refractivity contribution in [1.29, 1.82) is 0 Å². The Balaban J connectivity index is 1.98. The third-order valence-electron chi connectivity index (χ3n) is 2.97.